The summed E-state index contributed by atoms with van der Waals surface area (Å²) in [5, 5.41) is 3.44. The van der Waals surface area contributed by atoms with Crippen molar-refractivity contribution < 1.29 is 13.9 Å². The standard InChI is InChI=1S/C15H27NO3/c1-12(2)18-9-8-17-11-14-13(6-7-19-14)10-16-15(3,4)5/h6-7,12,16H,8-11H2,1-5H3. The highest BCUT2D eigenvalue weighted by Gasteiger charge is 2.12. The van der Waals surface area contributed by atoms with Crippen LogP contribution in [-0.4, -0.2) is 24.9 Å². The van der Waals surface area contributed by atoms with Gasteiger partial charge in [0.1, 0.15) is 12.4 Å². The molecule has 0 amide bonds. The molecule has 0 aliphatic rings. The zero-order valence-corrected chi connectivity index (χ0v) is 12.8. The maximum absolute atomic E-state index is 5.55. The average Bonchev–Trinajstić information content (AvgIpc) is 2.72. The van der Waals surface area contributed by atoms with E-state index in [1.165, 1.54) is 0 Å². The lowest BCUT2D eigenvalue weighted by atomic mass is 10.1. The topological polar surface area (TPSA) is 43.6 Å². The van der Waals surface area contributed by atoms with Gasteiger partial charge in [-0.2, -0.15) is 0 Å². The molecule has 1 aromatic heterocycles. The SMILES string of the molecule is CC(C)OCCOCc1occc1CNC(C)(C)C. The van der Waals surface area contributed by atoms with E-state index in [1.807, 2.05) is 19.9 Å². The maximum Gasteiger partial charge on any atom is 0.133 e. The summed E-state index contributed by atoms with van der Waals surface area (Å²) in [6.07, 6.45) is 1.96. The second kappa shape index (κ2) is 7.68. The fraction of sp³-hybridized carbons (Fsp3) is 0.733. The molecule has 0 radical (unpaired) electrons. The van der Waals surface area contributed by atoms with Crippen molar-refractivity contribution in [1.82, 2.24) is 5.32 Å². The second-order valence-corrected chi connectivity index (χ2v) is 5.94. The molecule has 0 atom stereocenters. The number of rotatable bonds is 8. The molecule has 0 unspecified atom stereocenters. The minimum atomic E-state index is 0.0977. The van der Waals surface area contributed by atoms with Crippen molar-refractivity contribution in [3.05, 3.63) is 23.7 Å². The fourth-order valence-electron chi connectivity index (χ4n) is 1.52. The van der Waals surface area contributed by atoms with Gasteiger partial charge in [-0.15, -0.1) is 0 Å². The minimum absolute atomic E-state index is 0.0977. The Labute approximate surface area is 116 Å². The fourth-order valence-corrected chi connectivity index (χ4v) is 1.52. The van der Waals surface area contributed by atoms with Gasteiger partial charge in [0, 0.05) is 17.6 Å². The van der Waals surface area contributed by atoms with Crippen molar-refractivity contribution in [2.24, 2.45) is 0 Å². The Kier molecular flexibility index (Phi) is 6.55. The van der Waals surface area contributed by atoms with Crippen molar-refractivity contribution in [2.75, 3.05) is 13.2 Å². The van der Waals surface area contributed by atoms with E-state index in [-0.39, 0.29) is 11.6 Å². The molecule has 0 saturated carbocycles. The van der Waals surface area contributed by atoms with E-state index in [9.17, 15) is 0 Å². The molecule has 0 aromatic carbocycles. The molecule has 0 fully saturated rings. The first-order valence-electron chi connectivity index (χ1n) is 6.88. The van der Waals surface area contributed by atoms with Crippen LogP contribution in [0.2, 0.25) is 0 Å². The molecule has 0 aliphatic carbocycles. The molecule has 0 bridgehead atoms. The summed E-state index contributed by atoms with van der Waals surface area (Å²) in [5.41, 5.74) is 1.25. The number of hydrogen-bond acceptors (Lipinski definition) is 4. The predicted octanol–water partition coefficient (Wildman–Crippen LogP) is 3.11. The Morgan fingerprint density at radius 1 is 1.26 bits per heavy atom. The smallest absolute Gasteiger partial charge is 0.133 e. The van der Waals surface area contributed by atoms with Crippen LogP contribution < -0.4 is 5.32 Å². The van der Waals surface area contributed by atoms with Gasteiger partial charge < -0.3 is 19.2 Å². The van der Waals surface area contributed by atoms with Crippen molar-refractivity contribution in [1.29, 1.82) is 0 Å². The van der Waals surface area contributed by atoms with Gasteiger partial charge in [-0.1, -0.05) is 0 Å². The minimum Gasteiger partial charge on any atom is -0.467 e. The van der Waals surface area contributed by atoms with Crippen LogP contribution in [0, 0.1) is 0 Å². The number of nitrogens with one attached hydrogen (secondary N) is 1. The van der Waals surface area contributed by atoms with Crippen LogP contribution >= 0.6 is 0 Å². The van der Waals surface area contributed by atoms with Gasteiger partial charge in [0.05, 0.1) is 25.6 Å². The van der Waals surface area contributed by atoms with Gasteiger partial charge in [0.25, 0.3) is 0 Å². The summed E-state index contributed by atoms with van der Waals surface area (Å²) in [4.78, 5) is 0. The van der Waals surface area contributed by atoms with Gasteiger partial charge in [0.15, 0.2) is 0 Å². The monoisotopic (exact) mass is 269 g/mol. The van der Waals surface area contributed by atoms with Crippen LogP contribution in [0.5, 0.6) is 0 Å². The molecule has 1 aromatic rings. The average molecular weight is 269 g/mol. The zero-order valence-electron chi connectivity index (χ0n) is 12.8. The Bertz CT molecular complexity index is 353. The molecule has 0 spiro atoms. The molecule has 19 heavy (non-hydrogen) atoms. The zero-order chi connectivity index (χ0) is 14.3. The summed E-state index contributed by atoms with van der Waals surface area (Å²) in [5.74, 6) is 0.890. The van der Waals surface area contributed by atoms with Gasteiger partial charge in [-0.3, -0.25) is 0 Å². The third kappa shape index (κ3) is 7.35. The molecule has 4 nitrogen and oxygen atoms in total. The predicted molar refractivity (Wildman–Crippen MR) is 76.0 cm³/mol. The summed E-state index contributed by atoms with van der Waals surface area (Å²) in [6.45, 7) is 13.0. The van der Waals surface area contributed by atoms with Crippen LogP contribution in [0.1, 0.15) is 45.9 Å². The van der Waals surface area contributed by atoms with Crippen molar-refractivity contribution in [2.45, 2.75) is 59.4 Å². The van der Waals surface area contributed by atoms with Gasteiger partial charge >= 0.3 is 0 Å². The Morgan fingerprint density at radius 2 is 2.00 bits per heavy atom. The van der Waals surface area contributed by atoms with E-state index in [0.717, 1.165) is 17.9 Å². The lowest BCUT2D eigenvalue weighted by molar-refractivity contribution is 0.0101. The van der Waals surface area contributed by atoms with Gasteiger partial charge in [0.2, 0.25) is 0 Å². The Hall–Kier alpha value is -0.840. The van der Waals surface area contributed by atoms with Crippen molar-refractivity contribution in [3.63, 3.8) is 0 Å². The molecule has 4 heteroatoms. The number of ether oxygens (including phenoxy) is 2. The molecular weight excluding hydrogens is 242 g/mol. The second-order valence-electron chi connectivity index (χ2n) is 5.94. The van der Waals surface area contributed by atoms with E-state index in [0.29, 0.717) is 19.8 Å². The highest BCUT2D eigenvalue weighted by molar-refractivity contribution is 5.16. The molecule has 1 N–H and O–H groups in total. The Morgan fingerprint density at radius 3 is 2.63 bits per heavy atom. The molecule has 110 valence electrons. The molecule has 0 saturated heterocycles. The summed E-state index contributed by atoms with van der Waals surface area (Å²) in [7, 11) is 0. The van der Waals surface area contributed by atoms with Crippen LogP contribution in [0.3, 0.4) is 0 Å². The quantitative estimate of drug-likeness (QED) is 0.736. The first-order valence-corrected chi connectivity index (χ1v) is 6.88. The van der Waals surface area contributed by atoms with Crippen LogP contribution in [-0.2, 0) is 22.6 Å². The van der Waals surface area contributed by atoms with Crippen LogP contribution in [0.15, 0.2) is 16.7 Å². The van der Waals surface area contributed by atoms with Gasteiger partial charge in [-0.25, -0.2) is 0 Å². The van der Waals surface area contributed by atoms with E-state index < -0.39 is 0 Å². The lowest BCUT2D eigenvalue weighted by Crippen LogP contribution is -2.35. The highest BCUT2D eigenvalue weighted by Crippen LogP contribution is 2.13. The largest absolute Gasteiger partial charge is 0.467 e. The van der Waals surface area contributed by atoms with E-state index >= 15 is 0 Å². The molecule has 1 rings (SSSR count). The summed E-state index contributed by atoms with van der Waals surface area (Å²) in [6, 6.07) is 1.99. The van der Waals surface area contributed by atoms with E-state index in [1.54, 1.807) is 6.26 Å². The van der Waals surface area contributed by atoms with Crippen molar-refractivity contribution >= 4 is 0 Å². The lowest BCUT2D eigenvalue weighted by Gasteiger charge is -2.20. The first kappa shape index (κ1) is 16.2. The number of hydrogen-bond donors (Lipinski definition) is 1. The van der Waals surface area contributed by atoms with E-state index in [2.05, 4.69) is 26.1 Å². The normalized spacial score (nSPS) is 12.3. The van der Waals surface area contributed by atoms with Crippen LogP contribution in [0.4, 0.5) is 0 Å². The molecule has 1 heterocycles. The molecule has 0 aliphatic heterocycles. The van der Waals surface area contributed by atoms with Crippen LogP contribution in [0.25, 0.3) is 0 Å². The molecular formula is C15H27NO3. The van der Waals surface area contributed by atoms with E-state index in [4.69, 9.17) is 13.9 Å². The first-order chi connectivity index (χ1) is 8.88. The number of furan rings is 1. The van der Waals surface area contributed by atoms with Crippen molar-refractivity contribution in [3.8, 4) is 0 Å². The summed E-state index contributed by atoms with van der Waals surface area (Å²) < 4.78 is 16.4. The third-order valence-electron chi connectivity index (χ3n) is 2.56. The third-order valence-corrected chi connectivity index (χ3v) is 2.56. The van der Waals surface area contributed by atoms with Gasteiger partial charge in [-0.05, 0) is 40.7 Å². The maximum atomic E-state index is 5.55. The Balaban J connectivity index is 2.28. The highest BCUT2D eigenvalue weighted by atomic mass is 16.5. The summed E-state index contributed by atoms with van der Waals surface area (Å²) >= 11 is 0.